The number of ether oxygens (including phenoxy) is 1. The Balaban J connectivity index is 1.44. The minimum absolute atomic E-state index is 0.317. The smallest absolute Gasteiger partial charge is 0.341 e. The monoisotopic (exact) mass is 464 g/mol. The quantitative estimate of drug-likeness (QED) is 0.183. The van der Waals surface area contributed by atoms with Gasteiger partial charge in [-0.25, -0.2) is 4.79 Å². The van der Waals surface area contributed by atoms with E-state index in [0.29, 0.717) is 10.7 Å². The number of methoxy groups -OCH3 is 1. The minimum Gasteiger partial charge on any atom is -0.465 e. The second kappa shape index (κ2) is 10.5. The molecule has 32 heavy (non-hydrogen) atoms. The number of thiocarbonyl (C=S) groups is 1. The average Bonchev–Trinajstić information content (AvgIpc) is 2.98. The second-order valence-corrected chi connectivity index (χ2v) is 8.94. The molecule has 2 N–H and O–H groups in total. The SMILES string of the molecule is COC(=O)c1c(NC(=S)Nc2ccc(N=Nc3ccccc3)cc2)sc2c1CCCCC2. The Morgan fingerprint density at radius 1 is 0.938 bits per heavy atom. The molecule has 1 aliphatic carbocycles. The highest BCUT2D eigenvalue weighted by Crippen LogP contribution is 2.38. The number of carbonyl (C=O) groups is 1. The van der Waals surface area contributed by atoms with Crippen molar-refractivity contribution in [3.63, 3.8) is 0 Å². The second-order valence-electron chi connectivity index (χ2n) is 7.42. The summed E-state index contributed by atoms with van der Waals surface area (Å²) in [6, 6.07) is 17.1. The summed E-state index contributed by atoms with van der Waals surface area (Å²) in [5.41, 5.74) is 4.09. The molecule has 0 spiro atoms. The van der Waals surface area contributed by atoms with Gasteiger partial charge in [-0.05, 0) is 79.9 Å². The third-order valence-electron chi connectivity index (χ3n) is 5.20. The topological polar surface area (TPSA) is 75.1 Å². The highest BCUT2D eigenvalue weighted by molar-refractivity contribution is 7.80. The van der Waals surface area contributed by atoms with Crippen LogP contribution in [0.4, 0.5) is 22.1 Å². The number of esters is 1. The number of fused-ring (bicyclic) bond motifs is 1. The van der Waals surface area contributed by atoms with Crippen LogP contribution < -0.4 is 10.6 Å². The highest BCUT2D eigenvalue weighted by Gasteiger charge is 2.25. The van der Waals surface area contributed by atoms with Gasteiger partial charge in [-0.15, -0.1) is 11.3 Å². The lowest BCUT2D eigenvalue weighted by atomic mass is 10.1. The Bertz CT molecular complexity index is 1120. The van der Waals surface area contributed by atoms with Gasteiger partial charge in [0.1, 0.15) is 5.00 Å². The van der Waals surface area contributed by atoms with E-state index in [0.717, 1.165) is 53.3 Å². The summed E-state index contributed by atoms with van der Waals surface area (Å²) in [6.07, 6.45) is 5.31. The molecule has 0 aliphatic heterocycles. The number of thiophene rings is 1. The van der Waals surface area contributed by atoms with Crippen LogP contribution in [0.3, 0.4) is 0 Å². The number of aryl methyl sites for hydroxylation is 1. The molecule has 0 fully saturated rings. The number of nitrogens with one attached hydrogen (secondary N) is 2. The van der Waals surface area contributed by atoms with Crippen molar-refractivity contribution < 1.29 is 9.53 Å². The van der Waals surface area contributed by atoms with E-state index >= 15 is 0 Å². The number of carbonyl (C=O) groups excluding carboxylic acids is 1. The van der Waals surface area contributed by atoms with Crippen molar-refractivity contribution in [1.82, 2.24) is 0 Å². The number of benzene rings is 2. The lowest BCUT2D eigenvalue weighted by molar-refractivity contribution is 0.0601. The van der Waals surface area contributed by atoms with Gasteiger partial charge in [0.15, 0.2) is 5.11 Å². The Morgan fingerprint density at radius 3 is 2.34 bits per heavy atom. The Kier molecular flexibility index (Phi) is 7.24. The lowest BCUT2D eigenvalue weighted by Gasteiger charge is -2.11. The maximum Gasteiger partial charge on any atom is 0.341 e. The van der Waals surface area contributed by atoms with Crippen molar-refractivity contribution >= 4 is 56.7 Å². The fourth-order valence-electron chi connectivity index (χ4n) is 3.64. The van der Waals surface area contributed by atoms with E-state index in [1.54, 1.807) is 11.3 Å². The number of azo groups is 1. The first kappa shape index (κ1) is 22.1. The average molecular weight is 465 g/mol. The van der Waals surface area contributed by atoms with Crippen LogP contribution in [0.2, 0.25) is 0 Å². The Labute approximate surface area is 196 Å². The summed E-state index contributed by atoms with van der Waals surface area (Å²) in [5.74, 6) is -0.317. The third-order valence-corrected chi connectivity index (χ3v) is 6.61. The first-order valence-electron chi connectivity index (χ1n) is 10.5. The van der Waals surface area contributed by atoms with Crippen molar-refractivity contribution in [3.8, 4) is 0 Å². The van der Waals surface area contributed by atoms with E-state index in [4.69, 9.17) is 17.0 Å². The molecule has 0 atom stereocenters. The van der Waals surface area contributed by atoms with Crippen molar-refractivity contribution in [2.24, 2.45) is 10.2 Å². The summed E-state index contributed by atoms with van der Waals surface area (Å²) in [4.78, 5) is 13.7. The van der Waals surface area contributed by atoms with E-state index in [9.17, 15) is 4.79 Å². The van der Waals surface area contributed by atoms with Crippen LogP contribution in [-0.2, 0) is 17.6 Å². The summed E-state index contributed by atoms with van der Waals surface area (Å²) in [7, 11) is 1.42. The lowest BCUT2D eigenvalue weighted by Crippen LogP contribution is -2.20. The van der Waals surface area contributed by atoms with Gasteiger partial charge in [-0.2, -0.15) is 10.2 Å². The molecule has 1 aliphatic rings. The molecule has 6 nitrogen and oxygen atoms in total. The maximum atomic E-state index is 12.5. The maximum absolute atomic E-state index is 12.5. The van der Waals surface area contributed by atoms with E-state index in [2.05, 4.69) is 20.9 Å². The van der Waals surface area contributed by atoms with Gasteiger partial charge in [0, 0.05) is 10.6 Å². The molecule has 8 heteroatoms. The zero-order valence-corrected chi connectivity index (χ0v) is 19.4. The molecule has 0 bridgehead atoms. The van der Waals surface area contributed by atoms with E-state index in [1.807, 2.05) is 54.6 Å². The normalized spacial score (nSPS) is 13.3. The first-order chi connectivity index (χ1) is 15.6. The Hall–Kier alpha value is -3.10. The van der Waals surface area contributed by atoms with Gasteiger partial charge in [-0.3, -0.25) is 0 Å². The summed E-state index contributed by atoms with van der Waals surface area (Å²) in [6.45, 7) is 0. The molecule has 0 radical (unpaired) electrons. The zero-order valence-electron chi connectivity index (χ0n) is 17.8. The largest absolute Gasteiger partial charge is 0.465 e. The fourth-order valence-corrected chi connectivity index (χ4v) is 5.20. The third kappa shape index (κ3) is 5.38. The number of anilines is 2. The van der Waals surface area contributed by atoms with Crippen LogP contribution in [0, 0.1) is 0 Å². The molecule has 0 unspecified atom stereocenters. The Morgan fingerprint density at radius 2 is 1.62 bits per heavy atom. The molecule has 164 valence electrons. The van der Waals surface area contributed by atoms with Crippen LogP contribution in [0.15, 0.2) is 64.8 Å². The summed E-state index contributed by atoms with van der Waals surface area (Å²) in [5, 5.41) is 16.0. The predicted octanol–water partition coefficient (Wildman–Crippen LogP) is 7.03. The molecule has 1 heterocycles. The fraction of sp³-hybridized carbons (Fsp3) is 0.250. The molecule has 1 aromatic heterocycles. The molecule has 0 amide bonds. The van der Waals surface area contributed by atoms with Crippen LogP contribution in [0.25, 0.3) is 0 Å². The van der Waals surface area contributed by atoms with Crippen LogP contribution in [-0.4, -0.2) is 18.2 Å². The molecule has 0 saturated carbocycles. The number of nitrogens with zero attached hydrogens (tertiary/aromatic N) is 2. The van der Waals surface area contributed by atoms with Gasteiger partial charge >= 0.3 is 5.97 Å². The number of hydrogen-bond acceptors (Lipinski definition) is 6. The van der Waals surface area contributed by atoms with Gasteiger partial charge in [0.2, 0.25) is 0 Å². The molecule has 3 aromatic rings. The van der Waals surface area contributed by atoms with Crippen molar-refractivity contribution in [2.45, 2.75) is 32.1 Å². The van der Waals surface area contributed by atoms with Crippen LogP contribution in [0.5, 0.6) is 0 Å². The molecular formula is C24H24N4O2S2. The zero-order chi connectivity index (χ0) is 22.3. The van der Waals surface area contributed by atoms with E-state index in [-0.39, 0.29) is 5.97 Å². The van der Waals surface area contributed by atoms with Gasteiger partial charge < -0.3 is 15.4 Å². The predicted molar refractivity (Wildman–Crippen MR) is 134 cm³/mol. The van der Waals surface area contributed by atoms with E-state index < -0.39 is 0 Å². The molecule has 4 rings (SSSR count). The number of rotatable bonds is 5. The molecule has 0 saturated heterocycles. The van der Waals surface area contributed by atoms with Crippen LogP contribution in [0.1, 0.15) is 40.1 Å². The first-order valence-corrected chi connectivity index (χ1v) is 11.7. The van der Waals surface area contributed by atoms with Crippen molar-refractivity contribution in [1.29, 1.82) is 0 Å². The van der Waals surface area contributed by atoms with Crippen molar-refractivity contribution in [2.75, 3.05) is 17.7 Å². The van der Waals surface area contributed by atoms with E-state index in [1.165, 1.54) is 18.4 Å². The van der Waals surface area contributed by atoms with Gasteiger partial charge in [0.05, 0.1) is 24.0 Å². The highest BCUT2D eigenvalue weighted by atomic mass is 32.1. The minimum atomic E-state index is -0.317. The summed E-state index contributed by atoms with van der Waals surface area (Å²) < 4.78 is 5.05. The molecule has 2 aromatic carbocycles. The van der Waals surface area contributed by atoms with Crippen molar-refractivity contribution in [3.05, 3.63) is 70.6 Å². The number of hydrogen-bond donors (Lipinski definition) is 2. The molecular weight excluding hydrogens is 440 g/mol. The van der Waals surface area contributed by atoms with Crippen LogP contribution >= 0.6 is 23.6 Å². The standard InChI is InChI=1S/C24H24N4O2S2/c1-30-23(29)21-19-10-6-3-7-11-20(19)32-22(21)26-24(31)25-16-12-14-18(15-13-16)28-27-17-8-4-2-5-9-17/h2,4-5,8-9,12-15H,3,6-7,10-11H2,1H3,(H2,25,26,31). The van der Waals surface area contributed by atoms with Gasteiger partial charge in [0.25, 0.3) is 0 Å². The van der Waals surface area contributed by atoms with Gasteiger partial charge in [-0.1, -0.05) is 24.6 Å². The summed E-state index contributed by atoms with van der Waals surface area (Å²) >= 11 is 7.10.